The fraction of sp³-hybridized carbons (Fsp3) is 0.842. The molecule has 4 fully saturated rings. The quantitative estimate of drug-likeness (QED) is 0.607. The van der Waals surface area contributed by atoms with E-state index in [4.69, 9.17) is 0 Å². The van der Waals surface area contributed by atoms with Crippen molar-refractivity contribution in [3.8, 4) is 0 Å². The standard InChI is InChI=1S/C19H28BrNO/c1-19-10-9-13-14(16(19)6-3-12(19)11-20)4-7-17-15(13)5-8-18(22)21(17)2/h11,13-17H,3-10H2,1-2H3/t13-,14+,15+,16-,17+,19+/m0/s1. The predicted molar refractivity (Wildman–Crippen MR) is 92.6 cm³/mol. The fourth-order valence-electron chi connectivity index (χ4n) is 6.69. The minimum absolute atomic E-state index is 0.380. The summed E-state index contributed by atoms with van der Waals surface area (Å²) in [7, 11) is 2.05. The van der Waals surface area contributed by atoms with Crippen LogP contribution < -0.4 is 0 Å². The van der Waals surface area contributed by atoms with Crippen molar-refractivity contribution in [2.75, 3.05) is 7.05 Å². The first kappa shape index (κ1) is 15.2. The molecule has 122 valence electrons. The van der Waals surface area contributed by atoms with Gasteiger partial charge in [-0.1, -0.05) is 28.4 Å². The highest BCUT2D eigenvalue weighted by Crippen LogP contribution is 2.63. The number of hydrogen-bond acceptors (Lipinski definition) is 1. The second kappa shape index (κ2) is 5.36. The van der Waals surface area contributed by atoms with E-state index in [0.29, 0.717) is 17.4 Å². The van der Waals surface area contributed by atoms with E-state index in [2.05, 4.69) is 32.7 Å². The zero-order chi connectivity index (χ0) is 15.5. The molecule has 2 nitrogen and oxygen atoms in total. The highest BCUT2D eigenvalue weighted by Gasteiger charge is 2.55. The van der Waals surface area contributed by atoms with E-state index in [1.54, 1.807) is 5.57 Å². The molecule has 0 bridgehead atoms. The van der Waals surface area contributed by atoms with Crippen LogP contribution in [0.4, 0.5) is 0 Å². The summed E-state index contributed by atoms with van der Waals surface area (Å²) in [6, 6.07) is 0.541. The second-order valence-electron chi connectivity index (χ2n) is 8.42. The minimum atomic E-state index is 0.380. The van der Waals surface area contributed by atoms with Crippen LogP contribution in [0.1, 0.15) is 58.3 Å². The molecule has 0 aromatic carbocycles. The monoisotopic (exact) mass is 365 g/mol. The van der Waals surface area contributed by atoms with Crippen molar-refractivity contribution in [1.29, 1.82) is 0 Å². The van der Waals surface area contributed by atoms with Crippen molar-refractivity contribution in [3.63, 3.8) is 0 Å². The number of carbonyl (C=O) groups is 1. The number of nitrogens with zero attached hydrogens (tertiary/aromatic N) is 1. The summed E-state index contributed by atoms with van der Waals surface area (Å²) in [4.78, 5) is 16.4. The predicted octanol–water partition coefficient (Wildman–Crippen LogP) is 4.74. The Hall–Kier alpha value is -0.310. The Bertz CT molecular complexity index is 516. The number of allylic oxidation sites excluding steroid dienone is 1. The van der Waals surface area contributed by atoms with Crippen LogP contribution in [0.25, 0.3) is 0 Å². The third-order valence-electron chi connectivity index (χ3n) is 7.89. The van der Waals surface area contributed by atoms with E-state index < -0.39 is 0 Å². The van der Waals surface area contributed by atoms with Crippen LogP contribution in [0.3, 0.4) is 0 Å². The van der Waals surface area contributed by atoms with Gasteiger partial charge in [0.15, 0.2) is 0 Å². The molecule has 0 unspecified atom stereocenters. The van der Waals surface area contributed by atoms with Gasteiger partial charge in [-0.25, -0.2) is 0 Å². The van der Waals surface area contributed by atoms with Gasteiger partial charge < -0.3 is 4.90 Å². The zero-order valence-electron chi connectivity index (χ0n) is 13.9. The van der Waals surface area contributed by atoms with Crippen LogP contribution in [0, 0.1) is 29.1 Å². The highest BCUT2D eigenvalue weighted by molar-refractivity contribution is 9.11. The van der Waals surface area contributed by atoms with Crippen LogP contribution in [-0.2, 0) is 4.79 Å². The van der Waals surface area contributed by atoms with E-state index in [0.717, 1.165) is 36.5 Å². The third-order valence-corrected chi connectivity index (χ3v) is 8.45. The van der Waals surface area contributed by atoms with Crippen molar-refractivity contribution in [1.82, 2.24) is 4.90 Å². The average molecular weight is 366 g/mol. The largest absolute Gasteiger partial charge is 0.342 e. The first-order chi connectivity index (χ1) is 10.6. The molecule has 0 spiro atoms. The maximum absolute atomic E-state index is 12.0. The molecule has 4 aliphatic rings. The van der Waals surface area contributed by atoms with E-state index >= 15 is 0 Å². The summed E-state index contributed by atoms with van der Waals surface area (Å²) in [5.74, 6) is 3.83. The van der Waals surface area contributed by atoms with Gasteiger partial charge in [-0.15, -0.1) is 0 Å². The highest BCUT2D eigenvalue weighted by atomic mass is 79.9. The number of piperidine rings is 1. The number of likely N-dealkylation sites (tertiary alicyclic amines) is 1. The van der Waals surface area contributed by atoms with Crippen LogP contribution in [-0.4, -0.2) is 23.9 Å². The van der Waals surface area contributed by atoms with Crippen molar-refractivity contribution in [2.24, 2.45) is 29.1 Å². The van der Waals surface area contributed by atoms with E-state index in [1.807, 2.05) is 7.05 Å². The number of fused-ring (bicyclic) bond motifs is 5. The number of amides is 1. The number of halogens is 1. The van der Waals surface area contributed by atoms with Gasteiger partial charge in [0.05, 0.1) is 0 Å². The molecule has 0 aromatic rings. The van der Waals surface area contributed by atoms with E-state index in [9.17, 15) is 4.79 Å². The molecule has 0 radical (unpaired) electrons. The summed E-state index contributed by atoms with van der Waals surface area (Å²) in [6.45, 7) is 2.52. The molecular formula is C19H28BrNO. The molecular weight excluding hydrogens is 338 g/mol. The molecule has 1 aliphatic heterocycles. The van der Waals surface area contributed by atoms with Crippen molar-refractivity contribution >= 4 is 21.8 Å². The van der Waals surface area contributed by atoms with Gasteiger partial charge in [-0.2, -0.15) is 0 Å². The molecule has 1 heterocycles. The van der Waals surface area contributed by atoms with E-state index in [1.165, 1.54) is 38.5 Å². The Morgan fingerprint density at radius 1 is 1.09 bits per heavy atom. The SMILES string of the molecule is CN1C(=O)CC[C@@H]2[C@H]3CC[C@]4(C)C(=CBr)CC[C@H]4[C@@H]3CC[C@H]21. The molecule has 1 saturated heterocycles. The molecule has 3 saturated carbocycles. The second-order valence-corrected chi connectivity index (χ2v) is 8.87. The summed E-state index contributed by atoms with van der Waals surface area (Å²) in [5.41, 5.74) is 2.11. The van der Waals surface area contributed by atoms with E-state index in [-0.39, 0.29) is 0 Å². The smallest absolute Gasteiger partial charge is 0.222 e. The Morgan fingerprint density at radius 3 is 2.68 bits per heavy atom. The van der Waals surface area contributed by atoms with Gasteiger partial charge in [-0.05, 0) is 79.0 Å². The number of carbonyl (C=O) groups excluding carboxylic acids is 1. The lowest BCUT2D eigenvalue weighted by Crippen LogP contribution is -2.55. The van der Waals surface area contributed by atoms with Gasteiger partial charge in [0.2, 0.25) is 5.91 Å². The summed E-state index contributed by atoms with van der Waals surface area (Å²) in [5, 5.41) is 0. The lowest BCUT2D eigenvalue weighted by molar-refractivity contribution is -0.143. The third kappa shape index (κ3) is 2.00. The first-order valence-electron chi connectivity index (χ1n) is 9.11. The Balaban J connectivity index is 1.60. The van der Waals surface area contributed by atoms with Gasteiger partial charge in [0.25, 0.3) is 0 Å². The Morgan fingerprint density at radius 2 is 1.91 bits per heavy atom. The normalized spacial score (nSPS) is 49.8. The summed E-state index contributed by atoms with van der Waals surface area (Å²) in [6.07, 6.45) is 9.95. The average Bonchev–Trinajstić information content (AvgIpc) is 2.87. The molecule has 4 rings (SSSR count). The molecule has 0 aromatic heterocycles. The van der Waals surface area contributed by atoms with Gasteiger partial charge in [-0.3, -0.25) is 4.79 Å². The molecule has 1 amide bonds. The topological polar surface area (TPSA) is 20.3 Å². The van der Waals surface area contributed by atoms with Crippen LogP contribution in [0.2, 0.25) is 0 Å². The van der Waals surface area contributed by atoms with Crippen molar-refractivity contribution in [2.45, 2.75) is 64.3 Å². The minimum Gasteiger partial charge on any atom is -0.342 e. The van der Waals surface area contributed by atoms with Gasteiger partial charge in [0.1, 0.15) is 0 Å². The molecule has 0 N–H and O–H groups in total. The zero-order valence-corrected chi connectivity index (χ0v) is 15.4. The maximum Gasteiger partial charge on any atom is 0.222 e. The Kier molecular flexibility index (Phi) is 3.71. The van der Waals surface area contributed by atoms with Gasteiger partial charge in [0, 0.05) is 19.5 Å². The Labute approximate surface area is 142 Å². The number of rotatable bonds is 0. The molecule has 6 atom stereocenters. The first-order valence-corrected chi connectivity index (χ1v) is 10.0. The molecule has 3 heteroatoms. The lowest BCUT2D eigenvalue weighted by Gasteiger charge is -2.56. The van der Waals surface area contributed by atoms with Crippen molar-refractivity contribution in [3.05, 3.63) is 10.6 Å². The molecule has 22 heavy (non-hydrogen) atoms. The molecule has 3 aliphatic carbocycles. The van der Waals surface area contributed by atoms with Crippen LogP contribution >= 0.6 is 15.9 Å². The van der Waals surface area contributed by atoms with Crippen LogP contribution in [0.5, 0.6) is 0 Å². The summed E-state index contributed by atoms with van der Waals surface area (Å²) < 4.78 is 0. The lowest BCUT2D eigenvalue weighted by atomic mass is 9.52. The number of hydrogen-bond donors (Lipinski definition) is 0. The maximum atomic E-state index is 12.0. The van der Waals surface area contributed by atoms with Crippen molar-refractivity contribution < 1.29 is 4.79 Å². The van der Waals surface area contributed by atoms with Crippen LogP contribution in [0.15, 0.2) is 10.6 Å². The fourth-order valence-corrected chi connectivity index (χ4v) is 7.44. The summed E-state index contributed by atoms with van der Waals surface area (Å²) >= 11 is 3.63. The van der Waals surface area contributed by atoms with Gasteiger partial charge >= 0.3 is 0 Å².